The van der Waals surface area contributed by atoms with Gasteiger partial charge in [0.2, 0.25) is 5.89 Å². The van der Waals surface area contributed by atoms with Crippen LogP contribution in [0, 0.1) is 11.8 Å². The van der Waals surface area contributed by atoms with Crippen molar-refractivity contribution in [2.45, 2.75) is 20.4 Å². The molecule has 6 heteroatoms. The van der Waals surface area contributed by atoms with Crippen molar-refractivity contribution in [3.63, 3.8) is 0 Å². The van der Waals surface area contributed by atoms with Crippen LogP contribution in [0.4, 0.5) is 0 Å². The standard InChI is InChI=1S/C23H26Cl2N3O/c1-16(2)18(23-26-21-5-3-4-6-22(21)29-23)15-28-11-9-27(10-12-28)14-17-7-8-19(24)20(25)13-17/h3-8,13,16H,9-12,14-15H2,1-2H3. The Balaban J connectivity index is 1.36. The number of oxazole rings is 1. The number of benzene rings is 2. The molecule has 0 saturated carbocycles. The average Bonchev–Trinajstić information content (AvgIpc) is 3.13. The number of fused-ring (bicyclic) bond motifs is 1. The molecule has 2 aromatic carbocycles. The molecule has 1 radical (unpaired) electrons. The van der Waals surface area contributed by atoms with Gasteiger partial charge in [-0.25, -0.2) is 4.98 Å². The number of rotatable bonds is 6. The quantitative estimate of drug-likeness (QED) is 0.514. The smallest absolute Gasteiger partial charge is 0.204 e. The number of aromatic nitrogens is 1. The van der Waals surface area contributed by atoms with Crippen LogP contribution in [0.2, 0.25) is 10.0 Å². The highest BCUT2D eigenvalue weighted by Crippen LogP contribution is 2.28. The van der Waals surface area contributed by atoms with E-state index in [1.165, 1.54) is 11.5 Å². The Morgan fingerprint density at radius 1 is 1.00 bits per heavy atom. The van der Waals surface area contributed by atoms with Crippen molar-refractivity contribution in [1.82, 2.24) is 14.8 Å². The lowest BCUT2D eigenvalue weighted by Crippen LogP contribution is -2.47. The molecule has 1 aliphatic rings. The minimum absolute atomic E-state index is 0.386. The zero-order valence-corrected chi connectivity index (χ0v) is 18.4. The molecule has 1 fully saturated rings. The van der Waals surface area contributed by atoms with Crippen molar-refractivity contribution in [3.8, 4) is 0 Å². The number of piperazine rings is 1. The molecule has 0 N–H and O–H groups in total. The van der Waals surface area contributed by atoms with Gasteiger partial charge in [0, 0.05) is 39.3 Å². The van der Waals surface area contributed by atoms with Gasteiger partial charge in [0.1, 0.15) is 5.52 Å². The van der Waals surface area contributed by atoms with Gasteiger partial charge in [-0.1, -0.05) is 55.2 Å². The van der Waals surface area contributed by atoms with E-state index in [1.807, 2.05) is 36.4 Å². The summed E-state index contributed by atoms with van der Waals surface area (Å²) >= 11 is 12.2. The van der Waals surface area contributed by atoms with Crippen LogP contribution in [0.1, 0.15) is 25.3 Å². The van der Waals surface area contributed by atoms with Gasteiger partial charge in [-0.15, -0.1) is 0 Å². The van der Waals surface area contributed by atoms with Gasteiger partial charge in [0.25, 0.3) is 0 Å². The second kappa shape index (κ2) is 9.05. The van der Waals surface area contributed by atoms with Crippen LogP contribution in [-0.2, 0) is 6.54 Å². The molecule has 0 unspecified atom stereocenters. The summed E-state index contributed by atoms with van der Waals surface area (Å²) in [5, 5.41) is 1.23. The molecule has 153 valence electrons. The van der Waals surface area contributed by atoms with E-state index < -0.39 is 0 Å². The van der Waals surface area contributed by atoms with E-state index in [0.717, 1.165) is 56.3 Å². The fourth-order valence-electron chi connectivity index (χ4n) is 3.75. The SMILES string of the molecule is CC(C)[C](CN1CCN(Cc2ccc(Cl)c(Cl)c2)CC1)c1nc2ccccc2o1. The van der Waals surface area contributed by atoms with Crippen molar-refractivity contribution in [3.05, 3.63) is 69.9 Å². The third kappa shape index (κ3) is 4.95. The fraction of sp³-hybridized carbons (Fsp3) is 0.391. The van der Waals surface area contributed by atoms with Crippen LogP contribution < -0.4 is 0 Å². The van der Waals surface area contributed by atoms with Gasteiger partial charge in [-0.05, 0) is 35.7 Å². The van der Waals surface area contributed by atoms with Crippen LogP contribution in [-0.4, -0.2) is 47.5 Å². The van der Waals surface area contributed by atoms with Gasteiger partial charge in [-0.2, -0.15) is 0 Å². The molecule has 4 nitrogen and oxygen atoms in total. The molecular formula is C23H26Cl2N3O. The highest BCUT2D eigenvalue weighted by atomic mass is 35.5. The Labute approximate surface area is 182 Å². The third-order valence-corrected chi connectivity index (χ3v) is 6.25. The van der Waals surface area contributed by atoms with Gasteiger partial charge >= 0.3 is 0 Å². The minimum Gasteiger partial charge on any atom is -0.440 e. The van der Waals surface area contributed by atoms with Gasteiger partial charge in [0.15, 0.2) is 5.58 Å². The summed E-state index contributed by atoms with van der Waals surface area (Å²) in [6.45, 7) is 10.3. The molecule has 3 aromatic rings. The van der Waals surface area contributed by atoms with Crippen LogP contribution in [0.5, 0.6) is 0 Å². The maximum absolute atomic E-state index is 6.15. The summed E-state index contributed by atoms with van der Waals surface area (Å²) in [4.78, 5) is 9.68. The minimum atomic E-state index is 0.386. The monoisotopic (exact) mass is 430 g/mol. The number of hydrogen-bond acceptors (Lipinski definition) is 4. The largest absolute Gasteiger partial charge is 0.440 e. The first-order valence-corrected chi connectivity index (χ1v) is 10.9. The maximum Gasteiger partial charge on any atom is 0.204 e. The number of hydrogen-bond donors (Lipinski definition) is 0. The molecule has 29 heavy (non-hydrogen) atoms. The van der Waals surface area contributed by atoms with Crippen molar-refractivity contribution >= 4 is 34.3 Å². The molecule has 0 amide bonds. The number of halogens is 2. The van der Waals surface area contributed by atoms with Gasteiger partial charge in [0.05, 0.1) is 16.0 Å². The summed E-state index contributed by atoms with van der Waals surface area (Å²) in [7, 11) is 0. The molecule has 4 rings (SSSR count). The van der Waals surface area contributed by atoms with Gasteiger partial charge < -0.3 is 4.42 Å². The van der Waals surface area contributed by atoms with Crippen molar-refractivity contribution < 1.29 is 4.42 Å². The zero-order valence-electron chi connectivity index (χ0n) is 16.9. The van der Waals surface area contributed by atoms with Crippen molar-refractivity contribution in [2.75, 3.05) is 32.7 Å². The Kier molecular flexibility index (Phi) is 6.45. The number of nitrogens with zero attached hydrogens (tertiary/aromatic N) is 3. The maximum atomic E-state index is 6.15. The normalized spacial score (nSPS) is 16.3. The first-order chi connectivity index (χ1) is 14.0. The Bertz CT molecular complexity index is 931. The van der Waals surface area contributed by atoms with E-state index in [-0.39, 0.29) is 0 Å². The molecule has 2 heterocycles. The van der Waals surface area contributed by atoms with Crippen LogP contribution in [0.15, 0.2) is 46.9 Å². The molecule has 0 aliphatic carbocycles. The van der Waals surface area contributed by atoms with Crippen molar-refractivity contribution in [2.24, 2.45) is 5.92 Å². The van der Waals surface area contributed by atoms with E-state index in [4.69, 9.17) is 32.6 Å². The molecule has 0 atom stereocenters. The van der Waals surface area contributed by atoms with Crippen molar-refractivity contribution in [1.29, 1.82) is 0 Å². The summed E-state index contributed by atoms with van der Waals surface area (Å²) < 4.78 is 6.05. The van der Waals surface area contributed by atoms with Crippen LogP contribution in [0.3, 0.4) is 0 Å². The molecule has 0 spiro atoms. The molecule has 1 aliphatic heterocycles. The Hall–Kier alpha value is -1.59. The van der Waals surface area contributed by atoms with Crippen LogP contribution >= 0.6 is 23.2 Å². The molecule has 1 aromatic heterocycles. The first-order valence-electron chi connectivity index (χ1n) is 10.1. The summed E-state index contributed by atoms with van der Waals surface area (Å²) in [6.07, 6.45) is 0. The van der Waals surface area contributed by atoms with E-state index >= 15 is 0 Å². The second-order valence-corrected chi connectivity index (χ2v) is 8.78. The van der Waals surface area contributed by atoms with Crippen LogP contribution in [0.25, 0.3) is 11.1 Å². The highest BCUT2D eigenvalue weighted by Gasteiger charge is 2.27. The van der Waals surface area contributed by atoms with Gasteiger partial charge in [-0.3, -0.25) is 9.80 Å². The highest BCUT2D eigenvalue weighted by molar-refractivity contribution is 6.42. The topological polar surface area (TPSA) is 32.5 Å². The third-order valence-electron chi connectivity index (χ3n) is 5.51. The van der Waals surface area contributed by atoms with E-state index in [0.29, 0.717) is 16.0 Å². The Morgan fingerprint density at radius 2 is 1.72 bits per heavy atom. The summed E-state index contributed by atoms with van der Waals surface area (Å²) in [5.41, 5.74) is 2.98. The summed E-state index contributed by atoms with van der Waals surface area (Å²) in [6, 6.07) is 13.9. The fourth-order valence-corrected chi connectivity index (χ4v) is 4.07. The second-order valence-electron chi connectivity index (χ2n) is 7.97. The molecule has 0 bridgehead atoms. The van der Waals surface area contributed by atoms with E-state index in [2.05, 4.69) is 29.7 Å². The number of para-hydroxylation sites is 2. The summed E-state index contributed by atoms with van der Waals surface area (Å²) in [5.74, 6) is 2.43. The Morgan fingerprint density at radius 3 is 2.41 bits per heavy atom. The van der Waals surface area contributed by atoms with E-state index in [1.54, 1.807) is 0 Å². The predicted molar refractivity (Wildman–Crippen MR) is 119 cm³/mol. The predicted octanol–water partition coefficient (Wildman–Crippen LogP) is 5.53. The van der Waals surface area contributed by atoms with E-state index in [9.17, 15) is 0 Å². The zero-order chi connectivity index (χ0) is 20.4. The molecular weight excluding hydrogens is 405 g/mol. The average molecular weight is 431 g/mol. The first kappa shape index (κ1) is 20.7. The lowest BCUT2D eigenvalue weighted by atomic mass is 9.95. The lowest BCUT2D eigenvalue weighted by molar-refractivity contribution is 0.127. The molecule has 1 saturated heterocycles. The lowest BCUT2D eigenvalue weighted by Gasteiger charge is -2.36.